The van der Waals surface area contributed by atoms with Crippen LogP contribution in [0.5, 0.6) is 0 Å². The van der Waals surface area contributed by atoms with Crippen molar-refractivity contribution < 1.29 is 9.90 Å². The van der Waals surface area contributed by atoms with Crippen LogP contribution in [0.3, 0.4) is 0 Å². The molecule has 0 aromatic carbocycles. The lowest BCUT2D eigenvalue weighted by molar-refractivity contribution is 0.0696. The van der Waals surface area contributed by atoms with Gasteiger partial charge in [-0.1, -0.05) is 6.07 Å². The second kappa shape index (κ2) is 5.84. The number of rotatable bonds is 5. The monoisotopic (exact) mass is 265 g/mol. The lowest BCUT2D eigenvalue weighted by Gasteiger charge is -2.00. The van der Waals surface area contributed by atoms with E-state index in [9.17, 15) is 4.79 Å². The van der Waals surface area contributed by atoms with Crippen molar-refractivity contribution in [2.24, 2.45) is 0 Å². The van der Waals surface area contributed by atoms with Crippen LogP contribution in [-0.4, -0.2) is 21.8 Å². The van der Waals surface area contributed by atoms with Gasteiger partial charge in [-0.05, 0) is 30.0 Å². The van der Waals surface area contributed by atoms with E-state index < -0.39 is 5.97 Å². The molecule has 17 heavy (non-hydrogen) atoms. The molecule has 2 rings (SSSR count). The number of carboxylic acid groups (broad SMARTS) is 1. The molecule has 0 unspecified atom stereocenters. The van der Waals surface area contributed by atoms with E-state index in [1.807, 2.05) is 6.07 Å². The number of pyridine rings is 1. The van der Waals surface area contributed by atoms with Crippen LogP contribution in [0.25, 0.3) is 0 Å². The van der Waals surface area contributed by atoms with Gasteiger partial charge in [0, 0.05) is 16.8 Å². The second-order valence-electron chi connectivity index (χ2n) is 3.37. The number of aromatic nitrogens is 1. The highest BCUT2D eigenvalue weighted by atomic mass is 32.2. The Morgan fingerprint density at radius 3 is 3.06 bits per heavy atom. The normalized spacial score (nSPS) is 10.4. The molecule has 2 aromatic rings. The summed E-state index contributed by atoms with van der Waals surface area (Å²) in [7, 11) is 0. The molecule has 1 N–H and O–H groups in total. The molecule has 0 aliphatic heterocycles. The van der Waals surface area contributed by atoms with Gasteiger partial charge in [-0.25, -0.2) is 9.78 Å². The van der Waals surface area contributed by atoms with E-state index in [1.54, 1.807) is 29.2 Å². The quantitative estimate of drug-likeness (QED) is 0.844. The number of thioether (sulfide) groups is 1. The van der Waals surface area contributed by atoms with Crippen molar-refractivity contribution in [3.05, 3.63) is 46.3 Å². The first-order valence-corrected chi connectivity index (χ1v) is 6.97. The molecule has 3 nitrogen and oxygen atoms in total. The number of thiophene rings is 1. The summed E-state index contributed by atoms with van der Waals surface area (Å²) < 4.78 is 0. The number of carbonyl (C=O) groups is 1. The highest BCUT2D eigenvalue weighted by Gasteiger charge is 2.04. The summed E-state index contributed by atoms with van der Waals surface area (Å²) in [4.78, 5) is 16.3. The van der Waals surface area contributed by atoms with Gasteiger partial charge < -0.3 is 5.11 Å². The van der Waals surface area contributed by atoms with Crippen LogP contribution in [0.2, 0.25) is 0 Å². The number of carboxylic acids is 1. The minimum atomic E-state index is -0.910. The number of hydrogen-bond donors (Lipinski definition) is 1. The topological polar surface area (TPSA) is 50.2 Å². The molecule has 0 saturated heterocycles. The van der Waals surface area contributed by atoms with Gasteiger partial charge >= 0.3 is 5.97 Å². The summed E-state index contributed by atoms with van der Waals surface area (Å²) in [5, 5.41) is 11.7. The molecule has 0 aliphatic carbocycles. The third-order valence-corrected chi connectivity index (χ3v) is 4.02. The first-order valence-electron chi connectivity index (χ1n) is 5.10. The Morgan fingerprint density at radius 1 is 1.47 bits per heavy atom. The molecule has 2 aromatic heterocycles. The summed E-state index contributed by atoms with van der Waals surface area (Å²) >= 11 is 3.32. The van der Waals surface area contributed by atoms with Gasteiger partial charge in [0.2, 0.25) is 0 Å². The van der Waals surface area contributed by atoms with Crippen LogP contribution >= 0.6 is 23.1 Å². The van der Waals surface area contributed by atoms with Gasteiger partial charge in [-0.3, -0.25) is 0 Å². The highest BCUT2D eigenvalue weighted by Crippen LogP contribution is 2.19. The average Bonchev–Trinajstić information content (AvgIpc) is 2.82. The van der Waals surface area contributed by atoms with Crippen LogP contribution in [0.1, 0.15) is 15.2 Å². The third kappa shape index (κ3) is 3.57. The van der Waals surface area contributed by atoms with Crippen molar-refractivity contribution in [3.63, 3.8) is 0 Å². The predicted octanol–water partition coefficient (Wildman–Crippen LogP) is 3.18. The maximum absolute atomic E-state index is 10.8. The van der Waals surface area contributed by atoms with Gasteiger partial charge in [-0.15, -0.1) is 23.1 Å². The van der Waals surface area contributed by atoms with E-state index in [-0.39, 0.29) is 0 Å². The van der Waals surface area contributed by atoms with Crippen LogP contribution in [0.15, 0.2) is 40.9 Å². The van der Waals surface area contributed by atoms with E-state index in [2.05, 4.69) is 16.4 Å². The Kier molecular flexibility index (Phi) is 4.17. The fourth-order valence-corrected chi connectivity index (χ4v) is 3.05. The van der Waals surface area contributed by atoms with E-state index >= 15 is 0 Å². The predicted molar refractivity (Wildman–Crippen MR) is 69.9 cm³/mol. The van der Waals surface area contributed by atoms with Gasteiger partial charge in [0.1, 0.15) is 0 Å². The molecule has 0 fully saturated rings. The summed E-state index contributed by atoms with van der Waals surface area (Å²) in [5.74, 6) is 0.00356. The molecular formula is C12H11NO2S2. The number of aryl methyl sites for hydroxylation is 1. The highest BCUT2D eigenvalue weighted by molar-refractivity contribution is 7.99. The van der Waals surface area contributed by atoms with E-state index in [4.69, 9.17) is 5.11 Å². The molecule has 0 amide bonds. The first kappa shape index (κ1) is 12.1. The number of nitrogens with zero attached hydrogens (tertiary/aromatic N) is 1. The Labute approximate surface area is 108 Å². The summed E-state index contributed by atoms with van der Waals surface area (Å²) in [6.07, 6.45) is 2.53. The van der Waals surface area contributed by atoms with Crippen molar-refractivity contribution in [2.75, 3.05) is 5.75 Å². The SMILES string of the molecule is O=C(O)c1ccnc(SCCc2cccs2)c1. The van der Waals surface area contributed by atoms with Crippen molar-refractivity contribution in [3.8, 4) is 0 Å². The zero-order chi connectivity index (χ0) is 12.1. The zero-order valence-electron chi connectivity index (χ0n) is 9.00. The maximum Gasteiger partial charge on any atom is 0.335 e. The number of aromatic carboxylic acids is 1. The standard InChI is InChI=1S/C12H11NO2S2/c14-12(15)9-3-5-13-11(8-9)17-7-4-10-2-1-6-16-10/h1-3,5-6,8H,4,7H2,(H,14,15). The van der Waals surface area contributed by atoms with Gasteiger partial charge in [0.05, 0.1) is 10.6 Å². The smallest absolute Gasteiger partial charge is 0.335 e. The number of hydrogen-bond acceptors (Lipinski definition) is 4. The molecule has 0 saturated carbocycles. The molecule has 2 heterocycles. The van der Waals surface area contributed by atoms with Crippen LogP contribution in [0, 0.1) is 0 Å². The Balaban J connectivity index is 1.90. The van der Waals surface area contributed by atoms with Gasteiger partial charge in [0.25, 0.3) is 0 Å². The van der Waals surface area contributed by atoms with Crippen LogP contribution in [-0.2, 0) is 6.42 Å². The molecule has 5 heteroatoms. The van der Waals surface area contributed by atoms with Crippen LogP contribution < -0.4 is 0 Å². The molecule has 0 radical (unpaired) electrons. The fourth-order valence-electron chi connectivity index (χ4n) is 1.33. The first-order chi connectivity index (χ1) is 8.25. The Morgan fingerprint density at radius 2 is 2.35 bits per heavy atom. The second-order valence-corrected chi connectivity index (χ2v) is 5.51. The third-order valence-electron chi connectivity index (χ3n) is 2.16. The summed E-state index contributed by atoms with van der Waals surface area (Å²) in [5.41, 5.74) is 0.290. The Bertz CT molecular complexity index is 497. The van der Waals surface area contributed by atoms with Crippen LogP contribution in [0.4, 0.5) is 0 Å². The maximum atomic E-state index is 10.8. The summed E-state index contributed by atoms with van der Waals surface area (Å²) in [6.45, 7) is 0. The average molecular weight is 265 g/mol. The van der Waals surface area contributed by atoms with Gasteiger partial charge in [0.15, 0.2) is 0 Å². The lowest BCUT2D eigenvalue weighted by atomic mass is 10.3. The molecule has 0 aliphatic rings. The largest absolute Gasteiger partial charge is 0.478 e. The zero-order valence-corrected chi connectivity index (χ0v) is 10.6. The van der Waals surface area contributed by atoms with Crippen molar-refractivity contribution in [2.45, 2.75) is 11.4 Å². The minimum Gasteiger partial charge on any atom is -0.478 e. The Hall–Kier alpha value is -1.33. The minimum absolute atomic E-state index is 0.290. The molecule has 0 bridgehead atoms. The van der Waals surface area contributed by atoms with E-state index in [0.717, 1.165) is 17.2 Å². The van der Waals surface area contributed by atoms with Crippen molar-refractivity contribution in [1.82, 2.24) is 4.98 Å². The van der Waals surface area contributed by atoms with E-state index in [1.165, 1.54) is 17.1 Å². The van der Waals surface area contributed by atoms with E-state index in [0.29, 0.717) is 5.56 Å². The fraction of sp³-hybridized carbons (Fsp3) is 0.167. The summed E-state index contributed by atoms with van der Waals surface area (Å²) in [6, 6.07) is 7.26. The lowest BCUT2D eigenvalue weighted by Crippen LogP contribution is -1.97. The van der Waals surface area contributed by atoms with Crippen molar-refractivity contribution >= 4 is 29.1 Å². The molecule has 0 spiro atoms. The molecule has 0 atom stereocenters. The van der Waals surface area contributed by atoms with Crippen molar-refractivity contribution in [1.29, 1.82) is 0 Å². The van der Waals surface area contributed by atoms with Gasteiger partial charge in [-0.2, -0.15) is 0 Å². The molecule has 88 valence electrons. The molecular weight excluding hydrogens is 254 g/mol.